The Bertz CT molecular complexity index is 661. The molecule has 3 rings (SSSR count). The Kier molecular flexibility index (Phi) is 8.97. The highest BCUT2D eigenvalue weighted by Crippen LogP contribution is 2.21. The molecule has 2 aromatic carbocycles. The van der Waals surface area contributed by atoms with E-state index in [1.54, 1.807) is 0 Å². The van der Waals surface area contributed by atoms with Gasteiger partial charge in [-0.3, -0.25) is 0 Å². The first-order valence-corrected chi connectivity index (χ1v) is 9.97. The van der Waals surface area contributed by atoms with Gasteiger partial charge in [-0.1, -0.05) is 60.7 Å². The average Bonchev–Trinajstić information content (AvgIpc) is 2.70. The van der Waals surface area contributed by atoms with Gasteiger partial charge in [-0.05, 0) is 30.4 Å². The van der Waals surface area contributed by atoms with Crippen molar-refractivity contribution in [1.29, 1.82) is 0 Å². The molecule has 0 unspecified atom stereocenters. The maximum absolute atomic E-state index is 12.8. The Hall–Kier alpha value is -1.88. The quantitative estimate of drug-likeness (QED) is 0.545. The number of nitrogens with one attached hydrogen (secondary N) is 1. The summed E-state index contributed by atoms with van der Waals surface area (Å²) in [5, 5.41) is 11.2. The summed E-state index contributed by atoms with van der Waals surface area (Å²) in [5.74, 6) is -0.522. The van der Waals surface area contributed by atoms with E-state index in [2.05, 4.69) is 0 Å². The Morgan fingerprint density at radius 3 is 1.89 bits per heavy atom. The molecule has 1 aliphatic rings. The molecular weight excluding hydrogens is 374 g/mol. The molecule has 0 bridgehead atoms. The molecule has 152 valence electrons. The maximum Gasteiger partial charge on any atom is 0.339 e. The fourth-order valence-corrected chi connectivity index (χ4v) is 3.80. The number of esters is 1. The molecule has 2 N–H and O–H groups in total. The van der Waals surface area contributed by atoms with Crippen LogP contribution in [0.15, 0.2) is 60.7 Å². The van der Waals surface area contributed by atoms with Crippen molar-refractivity contribution in [2.75, 3.05) is 26.2 Å². The summed E-state index contributed by atoms with van der Waals surface area (Å²) in [6.45, 7) is 3.48. The molecular formula is C23H30ClNO3. The van der Waals surface area contributed by atoms with E-state index < -0.39 is 11.6 Å². The number of ether oxygens (including phenoxy) is 1. The topological polar surface area (TPSA) is 51.0 Å². The van der Waals surface area contributed by atoms with E-state index in [9.17, 15) is 9.90 Å². The van der Waals surface area contributed by atoms with Crippen molar-refractivity contribution in [2.24, 2.45) is 0 Å². The zero-order valence-electron chi connectivity index (χ0n) is 16.3. The summed E-state index contributed by atoms with van der Waals surface area (Å²) in [6, 6.07) is 19.3. The summed E-state index contributed by atoms with van der Waals surface area (Å²) >= 11 is 0. The minimum absolute atomic E-state index is 0. The largest absolute Gasteiger partial charge is 1.00 e. The van der Waals surface area contributed by atoms with Gasteiger partial charge in [0.15, 0.2) is 5.60 Å². The Morgan fingerprint density at radius 2 is 1.39 bits per heavy atom. The standard InChI is InChI=1S/C23H29NO3.ClH/c25-22(27-17-16-24-14-8-3-9-15-24)23(26,18-20-10-4-1-5-11-20)19-21-12-6-2-7-13-21;/h1-2,4-7,10-13,26H,3,8-9,14-19H2;1H. The molecule has 0 radical (unpaired) electrons. The summed E-state index contributed by atoms with van der Waals surface area (Å²) in [6.07, 6.45) is 4.29. The molecule has 0 aliphatic carbocycles. The molecule has 0 saturated carbocycles. The third kappa shape index (κ3) is 6.62. The van der Waals surface area contributed by atoms with Gasteiger partial charge in [0.1, 0.15) is 13.2 Å². The zero-order chi connectivity index (χ0) is 19.0. The van der Waals surface area contributed by atoms with Gasteiger partial charge in [0.2, 0.25) is 0 Å². The van der Waals surface area contributed by atoms with Crippen molar-refractivity contribution in [3.63, 3.8) is 0 Å². The molecule has 0 aromatic heterocycles. The first-order valence-electron chi connectivity index (χ1n) is 9.97. The van der Waals surface area contributed by atoms with Crippen molar-refractivity contribution < 1.29 is 31.9 Å². The summed E-state index contributed by atoms with van der Waals surface area (Å²) < 4.78 is 5.54. The van der Waals surface area contributed by atoms with Crippen molar-refractivity contribution in [2.45, 2.75) is 37.7 Å². The number of benzene rings is 2. The number of likely N-dealkylation sites (tertiary alicyclic amines) is 1. The number of carbonyl (C=O) groups excluding carboxylic acids is 1. The van der Waals surface area contributed by atoms with Crippen molar-refractivity contribution in [3.8, 4) is 0 Å². The molecule has 5 heteroatoms. The average molecular weight is 404 g/mol. The lowest BCUT2D eigenvalue weighted by Gasteiger charge is -2.27. The first-order chi connectivity index (χ1) is 13.2. The lowest BCUT2D eigenvalue weighted by atomic mass is 9.88. The smallest absolute Gasteiger partial charge is 0.339 e. The van der Waals surface area contributed by atoms with E-state index in [-0.39, 0.29) is 25.2 Å². The Labute approximate surface area is 173 Å². The number of hydrogen-bond acceptors (Lipinski definition) is 3. The van der Waals surface area contributed by atoms with Crippen LogP contribution in [0, 0.1) is 0 Å². The van der Waals surface area contributed by atoms with Crippen molar-refractivity contribution in [1.82, 2.24) is 0 Å². The van der Waals surface area contributed by atoms with Gasteiger partial charge in [-0.2, -0.15) is 0 Å². The monoisotopic (exact) mass is 403 g/mol. The van der Waals surface area contributed by atoms with Gasteiger partial charge in [0.25, 0.3) is 0 Å². The summed E-state index contributed by atoms with van der Waals surface area (Å²) in [7, 11) is 0. The van der Waals surface area contributed by atoms with E-state index in [4.69, 9.17) is 4.74 Å². The fourth-order valence-electron chi connectivity index (χ4n) is 3.80. The normalized spacial score (nSPS) is 14.9. The SMILES string of the molecule is O=C(OCC[NH+]1CCCCC1)C(O)(Cc1ccccc1)Cc1ccccc1.[Cl-]. The molecule has 0 atom stereocenters. The second-order valence-electron chi connectivity index (χ2n) is 7.55. The molecule has 2 aromatic rings. The van der Waals surface area contributed by atoms with Gasteiger partial charge in [-0.25, -0.2) is 4.79 Å². The van der Waals surface area contributed by atoms with E-state index in [1.807, 2.05) is 60.7 Å². The summed E-state index contributed by atoms with van der Waals surface area (Å²) in [5.41, 5.74) is 0.295. The van der Waals surface area contributed by atoms with Crippen LogP contribution in [0.5, 0.6) is 0 Å². The number of carbonyl (C=O) groups is 1. The highest BCUT2D eigenvalue weighted by Gasteiger charge is 2.38. The summed E-state index contributed by atoms with van der Waals surface area (Å²) in [4.78, 5) is 14.3. The Morgan fingerprint density at radius 1 is 0.893 bits per heavy atom. The number of hydrogen-bond donors (Lipinski definition) is 2. The van der Waals surface area contributed by atoms with Gasteiger partial charge in [0.05, 0.1) is 13.1 Å². The minimum Gasteiger partial charge on any atom is -1.00 e. The van der Waals surface area contributed by atoms with Crippen molar-refractivity contribution >= 4 is 5.97 Å². The second-order valence-corrected chi connectivity index (χ2v) is 7.55. The van der Waals surface area contributed by atoms with Crippen LogP contribution >= 0.6 is 0 Å². The Balaban J connectivity index is 0.00000280. The fraction of sp³-hybridized carbons (Fsp3) is 0.435. The third-order valence-electron chi connectivity index (χ3n) is 5.31. The molecule has 1 heterocycles. The number of piperidine rings is 1. The number of rotatable bonds is 8. The maximum atomic E-state index is 12.8. The van der Waals surface area contributed by atoms with E-state index >= 15 is 0 Å². The van der Waals surface area contributed by atoms with Crippen molar-refractivity contribution in [3.05, 3.63) is 71.8 Å². The highest BCUT2D eigenvalue weighted by atomic mass is 35.5. The molecule has 1 saturated heterocycles. The minimum atomic E-state index is -1.56. The molecule has 1 aliphatic heterocycles. The number of quaternary nitrogens is 1. The van der Waals surface area contributed by atoms with Crippen LogP contribution in [-0.2, 0) is 22.4 Å². The van der Waals surface area contributed by atoms with E-state index in [1.165, 1.54) is 24.2 Å². The highest BCUT2D eigenvalue weighted by molar-refractivity contribution is 5.80. The third-order valence-corrected chi connectivity index (χ3v) is 5.31. The van der Waals surface area contributed by atoms with E-state index in [0.29, 0.717) is 6.61 Å². The van der Waals surface area contributed by atoms with Crippen LogP contribution in [0.2, 0.25) is 0 Å². The molecule has 0 amide bonds. The molecule has 0 spiro atoms. The molecule has 4 nitrogen and oxygen atoms in total. The van der Waals surface area contributed by atoms with Gasteiger partial charge in [0, 0.05) is 12.8 Å². The second kappa shape index (κ2) is 11.2. The van der Waals surface area contributed by atoms with Crippen LogP contribution in [-0.4, -0.2) is 42.9 Å². The number of aliphatic hydroxyl groups is 1. The predicted octanol–water partition coefficient (Wildman–Crippen LogP) is -1.18. The molecule has 28 heavy (non-hydrogen) atoms. The van der Waals surface area contributed by atoms with Crippen LogP contribution in [0.4, 0.5) is 0 Å². The first kappa shape index (κ1) is 22.4. The lowest BCUT2D eigenvalue weighted by molar-refractivity contribution is -0.905. The van der Waals surface area contributed by atoms with Gasteiger partial charge >= 0.3 is 5.97 Å². The van der Waals surface area contributed by atoms with Crippen LogP contribution < -0.4 is 17.3 Å². The van der Waals surface area contributed by atoms with E-state index in [0.717, 1.165) is 30.8 Å². The van der Waals surface area contributed by atoms with Crippen LogP contribution in [0.1, 0.15) is 30.4 Å². The van der Waals surface area contributed by atoms with Gasteiger partial charge in [-0.15, -0.1) is 0 Å². The van der Waals surface area contributed by atoms with Crippen LogP contribution in [0.3, 0.4) is 0 Å². The van der Waals surface area contributed by atoms with Crippen LogP contribution in [0.25, 0.3) is 0 Å². The zero-order valence-corrected chi connectivity index (χ0v) is 17.0. The number of halogens is 1. The lowest BCUT2D eigenvalue weighted by Crippen LogP contribution is -3.13. The molecule has 1 fully saturated rings. The predicted molar refractivity (Wildman–Crippen MR) is 106 cm³/mol. The van der Waals surface area contributed by atoms with Gasteiger partial charge < -0.3 is 27.2 Å².